The van der Waals surface area contributed by atoms with E-state index in [4.69, 9.17) is 4.74 Å². The minimum Gasteiger partial charge on any atom is -0.495 e. The molecule has 10 heteroatoms. The lowest BCUT2D eigenvalue weighted by atomic mass is 10.0. The van der Waals surface area contributed by atoms with Crippen molar-refractivity contribution in [3.05, 3.63) is 119 Å². The van der Waals surface area contributed by atoms with Gasteiger partial charge in [0.2, 0.25) is 0 Å². The van der Waals surface area contributed by atoms with E-state index in [0.717, 1.165) is 22.4 Å². The number of urea groups is 1. The lowest BCUT2D eigenvalue weighted by Crippen LogP contribution is -2.31. The van der Waals surface area contributed by atoms with Crippen LogP contribution in [0.3, 0.4) is 0 Å². The van der Waals surface area contributed by atoms with E-state index < -0.39 is 12.0 Å². The van der Waals surface area contributed by atoms with Crippen LogP contribution in [0, 0.1) is 6.92 Å². The van der Waals surface area contributed by atoms with Crippen molar-refractivity contribution in [1.29, 1.82) is 0 Å². The van der Waals surface area contributed by atoms with Gasteiger partial charge in [-0.15, -0.1) is 0 Å². The Morgan fingerprint density at radius 1 is 0.891 bits per heavy atom. The standard InChI is InChI=1S/C36H38N4O6/c1-24-10-7-8-15-32(24)40(2)36(45)39-31-17-16-25(21-33(31)46-3)20-29(41)23-37-28-14-9-13-27(22-28)30(18-19-34(42)43)38-35(44)26-11-5-4-6-12-26/h4-17,21-22,30,37H,18-20,23H2,1-3H3,(H,38,44)(H,39,45)(H,42,43). The SMILES string of the molecule is COc1cc(CC(=O)CNc2cccc(C(CCC(=O)O)NC(=O)c3ccccc3)c2)ccc1NC(=O)N(C)c1ccccc1C. The number of aliphatic carboxylic acids is 1. The lowest BCUT2D eigenvalue weighted by Gasteiger charge is -2.21. The van der Waals surface area contributed by atoms with E-state index in [0.29, 0.717) is 22.7 Å². The van der Waals surface area contributed by atoms with Crippen molar-refractivity contribution in [1.82, 2.24) is 5.32 Å². The number of rotatable bonds is 14. The van der Waals surface area contributed by atoms with E-state index in [2.05, 4.69) is 16.0 Å². The van der Waals surface area contributed by atoms with E-state index in [9.17, 15) is 24.3 Å². The van der Waals surface area contributed by atoms with Crippen molar-refractivity contribution >= 4 is 40.8 Å². The molecule has 0 bridgehead atoms. The first-order valence-corrected chi connectivity index (χ1v) is 14.8. The monoisotopic (exact) mass is 622 g/mol. The second kappa shape index (κ2) is 15.9. The molecule has 4 N–H and O–H groups in total. The molecule has 0 saturated carbocycles. The Bertz CT molecular complexity index is 1690. The van der Waals surface area contributed by atoms with Crippen molar-refractivity contribution in [3.63, 3.8) is 0 Å². The molecular formula is C36H38N4O6. The zero-order valence-electron chi connectivity index (χ0n) is 26.1. The second-order valence-corrected chi connectivity index (χ2v) is 10.8. The number of carboxylic acid groups (broad SMARTS) is 1. The molecular weight excluding hydrogens is 584 g/mol. The summed E-state index contributed by atoms with van der Waals surface area (Å²) in [6, 6.07) is 27.9. The average molecular weight is 623 g/mol. The summed E-state index contributed by atoms with van der Waals surface area (Å²) in [4.78, 5) is 51.5. The highest BCUT2D eigenvalue weighted by atomic mass is 16.5. The van der Waals surface area contributed by atoms with Gasteiger partial charge in [0.15, 0.2) is 5.78 Å². The predicted octanol–water partition coefficient (Wildman–Crippen LogP) is 6.23. The van der Waals surface area contributed by atoms with Crippen LogP contribution in [0.2, 0.25) is 0 Å². The normalized spacial score (nSPS) is 11.2. The number of hydrogen-bond donors (Lipinski definition) is 4. The number of Topliss-reactive ketones (excluding diaryl/α,β-unsaturated/α-hetero) is 1. The molecule has 1 unspecified atom stereocenters. The molecule has 0 heterocycles. The van der Waals surface area contributed by atoms with Gasteiger partial charge in [-0.25, -0.2) is 4.79 Å². The fourth-order valence-corrected chi connectivity index (χ4v) is 4.97. The van der Waals surface area contributed by atoms with Gasteiger partial charge < -0.3 is 25.8 Å². The van der Waals surface area contributed by atoms with Gasteiger partial charge in [-0.1, -0.05) is 54.6 Å². The first-order chi connectivity index (χ1) is 22.1. The smallest absolute Gasteiger partial charge is 0.326 e. The number of carbonyl (C=O) groups excluding carboxylic acids is 3. The van der Waals surface area contributed by atoms with E-state index in [1.807, 2.05) is 43.3 Å². The van der Waals surface area contributed by atoms with Crippen LogP contribution in [0.15, 0.2) is 97.1 Å². The number of anilines is 3. The van der Waals surface area contributed by atoms with Gasteiger partial charge in [0, 0.05) is 36.8 Å². The molecule has 0 aliphatic rings. The largest absolute Gasteiger partial charge is 0.495 e. The molecule has 4 rings (SSSR count). The Morgan fingerprint density at radius 3 is 2.35 bits per heavy atom. The third-order valence-electron chi connectivity index (χ3n) is 7.46. The lowest BCUT2D eigenvalue weighted by molar-refractivity contribution is -0.137. The van der Waals surface area contributed by atoms with Crippen molar-refractivity contribution in [2.24, 2.45) is 0 Å². The number of methoxy groups -OCH3 is 1. The fraction of sp³-hybridized carbons (Fsp3) is 0.222. The molecule has 0 aliphatic carbocycles. The second-order valence-electron chi connectivity index (χ2n) is 10.8. The molecule has 238 valence electrons. The quantitative estimate of drug-likeness (QED) is 0.131. The molecule has 0 aliphatic heterocycles. The third kappa shape index (κ3) is 9.18. The molecule has 0 radical (unpaired) electrons. The minimum absolute atomic E-state index is 0.0433. The topological polar surface area (TPSA) is 137 Å². The average Bonchev–Trinajstić information content (AvgIpc) is 3.06. The summed E-state index contributed by atoms with van der Waals surface area (Å²) in [6.45, 7) is 1.98. The van der Waals surface area contributed by atoms with E-state index >= 15 is 0 Å². The number of para-hydroxylation sites is 1. The van der Waals surface area contributed by atoms with Gasteiger partial charge in [0.1, 0.15) is 5.75 Å². The summed E-state index contributed by atoms with van der Waals surface area (Å²) in [5.41, 5.74) is 4.81. The first kappa shape index (κ1) is 33.3. The molecule has 46 heavy (non-hydrogen) atoms. The van der Waals surface area contributed by atoms with Gasteiger partial charge in [-0.05, 0) is 72.5 Å². The zero-order valence-corrected chi connectivity index (χ0v) is 26.1. The van der Waals surface area contributed by atoms with Crippen molar-refractivity contribution in [2.45, 2.75) is 32.2 Å². The van der Waals surface area contributed by atoms with Crippen molar-refractivity contribution in [2.75, 3.05) is 36.2 Å². The van der Waals surface area contributed by atoms with Crippen LogP contribution in [-0.4, -0.2) is 49.5 Å². The highest BCUT2D eigenvalue weighted by molar-refractivity contribution is 6.02. The van der Waals surface area contributed by atoms with Crippen molar-refractivity contribution in [3.8, 4) is 5.75 Å². The molecule has 4 aromatic rings. The summed E-state index contributed by atoms with van der Waals surface area (Å²) in [5, 5.41) is 18.2. The number of nitrogens with one attached hydrogen (secondary N) is 3. The number of benzene rings is 4. The van der Waals surface area contributed by atoms with E-state index in [-0.39, 0.29) is 43.5 Å². The summed E-state index contributed by atoms with van der Waals surface area (Å²) < 4.78 is 5.51. The Morgan fingerprint density at radius 2 is 1.63 bits per heavy atom. The van der Waals surface area contributed by atoms with Gasteiger partial charge in [-0.2, -0.15) is 0 Å². The number of hydrogen-bond acceptors (Lipinski definition) is 6. The van der Waals surface area contributed by atoms with Crippen LogP contribution in [-0.2, 0) is 16.0 Å². The molecule has 0 saturated heterocycles. The molecule has 1 atom stereocenters. The van der Waals surface area contributed by atoms with Gasteiger partial charge in [0.25, 0.3) is 5.91 Å². The molecule has 0 aromatic heterocycles. The number of ketones is 1. The Labute approximate surface area is 268 Å². The number of nitrogens with zero attached hydrogens (tertiary/aromatic N) is 1. The summed E-state index contributed by atoms with van der Waals surface area (Å²) in [5.74, 6) is -0.907. The van der Waals surface area contributed by atoms with Crippen LogP contribution >= 0.6 is 0 Å². The molecule has 3 amide bonds. The van der Waals surface area contributed by atoms with Crippen LogP contribution in [0.1, 0.15) is 45.9 Å². The molecule has 0 fully saturated rings. The van der Waals surface area contributed by atoms with Gasteiger partial charge in [0.05, 0.1) is 25.4 Å². The minimum atomic E-state index is -0.958. The molecule has 0 spiro atoms. The van der Waals surface area contributed by atoms with Crippen LogP contribution in [0.25, 0.3) is 0 Å². The predicted molar refractivity (Wildman–Crippen MR) is 179 cm³/mol. The van der Waals surface area contributed by atoms with Gasteiger partial charge >= 0.3 is 12.0 Å². The maximum absolute atomic E-state index is 12.9. The number of carboxylic acids is 1. The molecule has 4 aromatic carbocycles. The Hall–Kier alpha value is -5.64. The highest BCUT2D eigenvalue weighted by Gasteiger charge is 2.19. The first-order valence-electron chi connectivity index (χ1n) is 14.8. The Balaban J connectivity index is 1.37. The fourth-order valence-electron chi connectivity index (χ4n) is 4.97. The maximum Gasteiger partial charge on any atom is 0.326 e. The zero-order chi connectivity index (χ0) is 33.1. The number of aryl methyl sites for hydroxylation is 1. The summed E-state index contributed by atoms with van der Waals surface area (Å²) >= 11 is 0. The maximum atomic E-state index is 12.9. The summed E-state index contributed by atoms with van der Waals surface area (Å²) in [6.07, 6.45) is 0.219. The number of carbonyl (C=O) groups is 4. The van der Waals surface area contributed by atoms with Crippen LogP contribution in [0.4, 0.5) is 21.9 Å². The summed E-state index contributed by atoms with van der Waals surface area (Å²) in [7, 11) is 3.19. The Kier molecular flexibility index (Phi) is 11.5. The number of ether oxygens (including phenoxy) is 1. The van der Waals surface area contributed by atoms with E-state index in [1.165, 1.54) is 12.0 Å². The van der Waals surface area contributed by atoms with Gasteiger partial charge in [-0.3, -0.25) is 19.3 Å². The third-order valence-corrected chi connectivity index (χ3v) is 7.46. The molecule has 10 nitrogen and oxygen atoms in total. The van der Waals surface area contributed by atoms with Crippen LogP contribution < -0.4 is 25.6 Å². The number of amides is 3. The highest BCUT2D eigenvalue weighted by Crippen LogP contribution is 2.28. The van der Waals surface area contributed by atoms with Crippen LogP contribution in [0.5, 0.6) is 5.75 Å². The van der Waals surface area contributed by atoms with E-state index in [1.54, 1.807) is 67.7 Å². The van der Waals surface area contributed by atoms with Crippen molar-refractivity contribution < 1.29 is 29.0 Å².